The molecule has 0 N–H and O–H groups in total. The number of thioether (sulfide) groups is 1. The normalized spacial score (nSPS) is 23.5. The van der Waals surface area contributed by atoms with Gasteiger partial charge in [0.2, 0.25) is 0 Å². The van der Waals surface area contributed by atoms with Gasteiger partial charge in [0.05, 0.1) is 0 Å². The zero-order valence-corrected chi connectivity index (χ0v) is 11.1. The minimum absolute atomic E-state index is 0.198. The molecule has 3 heteroatoms. The maximum Gasteiger partial charge on any atom is 0.155 e. The quantitative estimate of drug-likeness (QED) is 0.556. The predicted molar refractivity (Wildman–Crippen MR) is 68.8 cm³/mol. The van der Waals surface area contributed by atoms with E-state index in [2.05, 4.69) is 0 Å². The van der Waals surface area contributed by atoms with Crippen LogP contribution in [-0.2, 0) is 4.79 Å². The van der Waals surface area contributed by atoms with E-state index in [1.165, 1.54) is 24.2 Å². The summed E-state index contributed by atoms with van der Waals surface area (Å²) in [6.07, 6.45) is 3.27. The van der Waals surface area contributed by atoms with Gasteiger partial charge in [-0.1, -0.05) is 6.92 Å². The molecule has 0 saturated carbocycles. The van der Waals surface area contributed by atoms with Crippen LogP contribution in [0.4, 0.5) is 0 Å². The van der Waals surface area contributed by atoms with E-state index < -0.39 is 0 Å². The van der Waals surface area contributed by atoms with Crippen LogP contribution >= 0.6 is 23.4 Å². The first-order valence-corrected chi connectivity index (χ1v) is 7.26. The van der Waals surface area contributed by atoms with Gasteiger partial charge in [-0.05, 0) is 54.8 Å². The third-order valence-corrected chi connectivity index (χ3v) is 4.47. The Labute approximate surface area is 102 Å². The van der Waals surface area contributed by atoms with Crippen LogP contribution in [0.25, 0.3) is 0 Å². The van der Waals surface area contributed by atoms with Crippen molar-refractivity contribution in [1.82, 2.24) is 0 Å². The summed E-state index contributed by atoms with van der Waals surface area (Å²) < 4.78 is 0. The van der Waals surface area contributed by atoms with E-state index in [1.54, 1.807) is 6.92 Å². The number of hydrogen-bond donors (Lipinski definition) is 0. The highest BCUT2D eigenvalue weighted by molar-refractivity contribution is 7.99. The van der Waals surface area contributed by atoms with Gasteiger partial charge in [-0.3, -0.25) is 4.79 Å². The first kappa shape index (κ1) is 13.1. The molecule has 1 atom stereocenters. The molecule has 0 aromatic rings. The van der Waals surface area contributed by atoms with Crippen molar-refractivity contribution in [3.63, 3.8) is 0 Å². The van der Waals surface area contributed by atoms with Crippen LogP contribution in [0.1, 0.15) is 33.1 Å². The molecule has 1 heterocycles. The molecule has 1 fully saturated rings. The van der Waals surface area contributed by atoms with E-state index in [0.29, 0.717) is 11.8 Å². The summed E-state index contributed by atoms with van der Waals surface area (Å²) in [4.78, 5) is 11.5. The summed E-state index contributed by atoms with van der Waals surface area (Å²) in [5.74, 6) is 3.66. The molecule has 1 saturated heterocycles. The maximum atomic E-state index is 11.5. The van der Waals surface area contributed by atoms with Gasteiger partial charge in [-0.25, -0.2) is 0 Å². The minimum atomic E-state index is 0.198. The van der Waals surface area contributed by atoms with Crippen LogP contribution in [-0.4, -0.2) is 23.2 Å². The maximum absolute atomic E-state index is 11.5. The van der Waals surface area contributed by atoms with E-state index >= 15 is 0 Å². The van der Waals surface area contributed by atoms with Crippen molar-refractivity contribution in [1.29, 1.82) is 0 Å². The summed E-state index contributed by atoms with van der Waals surface area (Å²) in [6, 6.07) is 0. The lowest BCUT2D eigenvalue weighted by atomic mass is 9.90. The topological polar surface area (TPSA) is 17.1 Å². The number of rotatable bonds is 4. The molecular formula is C12H19ClOS. The number of carbonyl (C=O) groups is 1. The molecule has 15 heavy (non-hydrogen) atoms. The molecule has 1 nitrogen and oxygen atoms in total. The molecule has 1 aliphatic heterocycles. The predicted octanol–water partition coefficient (Wildman–Crippen LogP) is 3.66. The summed E-state index contributed by atoms with van der Waals surface area (Å²) >= 11 is 7.98. The molecule has 1 rings (SSSR count). The van der Waals surface area contributed by atoms with Crippen LogP contribution in [0.2, 0.25) is 0 Å². The number of ketones is 1. The summed E-state index contributed by atoms with van der Waals surface area (Å²) in [6.45, 7) is 3.70. The van der Waals surface area contributed by atoms with Crippen molar-refractivity contribution in [3.8, 4) is 0 Å². The van der Waals surface area contributed by atoms with Crippen molar-refractivity contribution in [3.05, 3.63) is 11.1 Å². The van der Waals surface area contributed by atoms with Crippen LogP contribution in [0.3, 0.4) is 0 Å². The molecule has 0 aromatic heterocycles. The van der Waals surface area contributed by atoms with E-state index in [-0.39, 0.29) is 5.78 Å². The fourth-order valence-electron chi connectivity index (χ4n) is 2.15. The Morgan fingerprint density at radius 1 is 1.53 bits per heavy atom. The van der Waals surface area contributed by atoms with E-state index in [0.717, 1.165) is 17.7 Å². The first-order chi connectivity index (χ1) is 7.20. The SMILES string of the molecule is CC/C(C(C)=O)=C(\CCl)C1CCCSC1. The Hall–Kier alpha value is 0.0500. The largest absolute Gasteiger partial charge is 0.295 e. The van der Waals surface area contributed by atoms with Crippen LogP contribution in [0.15, 0.2) is 11.1 Å². The second-order valence-corrected chi connectivity index (χ2v) is 5.38. The lowest BCUT2D eigenvalue weighted by Gasteiger charge is -2.25. The Bertz CT molecular complexity index is 254. The number of hydrogen-bond acceptors (Lipinski definition) is 2. The lowest BCUT2D eigenvalue weighted by Crippen LogP contribution is -2.17. The Kier molecular flexibility index (Phi) is 5.77. The number of allylic oxidation sites excluding steroid dienone is 2. The highest BCUT2D eigenvalue weighted by Gasteiger charge is 2.21. The average molecular weight is 247 g/mol. The molecule has 86 valence electrons. The van der Waals surface area contributed by atoms with Crippen LogP contribution in [0.5, 0.6) is 0 Å². The molecule has 0 amide bonds. The molecule has 0 spiro atoms. The molecular weight excluding hydrogens is 228 g/mol. The van der Waals surface area contributed by atoms with Crippen LogP contribution < -0.4 is 0 Å². The molecule has 1 aliphatic rings. The standard InChI is InChI=1S/C12H19ClOS/c1-3-11(9(2)14)12(7-13)10-5-4-6-15-8-10/h10H,3-8H2,1-2H3/b12-11-. The summed E-state index contributed by atoms with van der Waals surface area (Å²) in [5.41, 5.74) is 2.18. The van der Waals surface area contributed by atoms with Crippen molar-refractivity contribution in [2.75, 3.05) is 17.4 Å². The molecule has 1 unspecified atom stereocenters. The Morgan fingerprint density at radius 2 is 2.27 bits per heavy atom. The highest BCUT2D eigenvalue weighted by atomic mass is 35.5. The zero-order chi connectivity index (χ0) is 11.3. The summed E-state index contributed by atoms with van der Waals surface area (Å²) in [7, 11) is 0. The van der Waals surface area contributed by atoms with Gasteiger partial charge in [0.25, 0.3) is 0 Å². The van der Waals surface area contributed by atoms with Crippen molar-refractivity contribution >= 4 is 29.1 Å². The average Bonchev–Trinajstić information content (AvgIpc) is 2.26. The lowest BCUT2D eigenvalue weighted by molar-refractivity contribution is -0.113. The van der Waals surface area contributed by atoms with E-state index in [1.807, 2.05) is 18.7 Å². The van der Waals surface area contributed by atoms with Gasteiger partial charge in [0, 0.05) is 5.88 Å². The van der Waals surface area contributed by atoms with E-state index in [9.17, 15) is 4.79 Å². The van der Waals surface area contributed by atoms with Gasteiger partial charge in [-0.2, -0.15) is 11.8 Å². The second-order valence-electron chi connectivity index (χ2n) is 3.96. The zero-order valence-electron chi connectivity index (χ0n) is 9.51. The van der Waals surface area contributed by atoms with Gasteiger partial charge < -0.3 is 0 Å². The Morgan fingerprint density at radius 3 is 2.67 bits per heavy atom. The first-order valence-electron chi connectivity index (χ1n) is 5.57. The van der Waals surface area contributed by atoms with Crippen molar-refractivity contribution in [2.24, 2.45) is 5.92 Å². The van der Waals surface area contributed by atoms with Gasteiger partial charge in [-0.15, -0.1) is 11.6 Å². The van der Waals surface area contributed by atoms with E-state index in [4.69, 9.17) is 11.6 Å². The molecule has 0 radical (unpaired) electrons. The van der Waals surface area contributed by atoms with Gasteiger partial charge >= 0.3 is 0 Å². The number of halogens is 1. The fraction of sp³-hybridized carbons (Fsp3) is 0.750. The minimum Gasteiger partial charge on any atom is -0.295 e. The Balaban J connectivity index is 2.87. The third kappa shape index (κ3) is 3.53. The molecule has 0 bridgehead atoms. The molecule has 0 aromatic carbocycles. The highest BCUT2D eigenvalue weighted by Crippen LogP contribution is 2.31. The second kappa shape index (κ2) is 6.59. The summed E-state index contributed by atoms with van der Waals surface area (Å²) in [5, 5.41) is 0. The molecule has 0 aliphatic carbocycles. The van der Waals surface area contributed by atoms with Gasteiger partial charge in [0.15, 0.2) is 5.78 Å². The van der Waals surface area contributed by atoms with Crippen molar-refractivity contribution in [2.45, 2.75) is 33.1 Å². The fourth-order valence-corrected chi connectivity index (χ4v) is 3.72. The van der Waals surface area contributed by atoms with Crippen molar-refractivity contribution < 1.29 is 4.79 Å². The number of carbonyl (C=O) groups excluding carboxylic acids is 1. The number of alkyl halides is 1. The monoisotopic (exact) mass is 246 g/mol. The third-order valence-electron chi connectivity index (χ3n) is 2.96. The number of Topliss-reactive ketones (excluding diaryl/α,β-unsaturated/α-hetero) is 1. The smallest absolute Gasteiger partial charge is 0.155 e. The van der Waals surface area contributed by atoms with Gasteiger partial charge in [0.1, 0.15) is 0 Å². The van der Waals surface area contributed by atoms with Crippen LogP contribution in [0, 0.1) is 5.92 Å².